The number of furan rings is 1. The van der Waals surface area contributed by atoms with Crippen molar-refractivity contribution in [1.82, 2.24) is 5.32 Å². The number of nitrogens with one attached hydrogen (secondary N) is 2. The topological polar surface area (TPSA) is 89.8 Å². The maximum absolute atomic E-state index is 13.3. The van der Waals surface area contributed by atoms with Gasteiger partial charge in [-0.05, 0) is 53.6 Å². The third-order valence-corrected chi connectivity index (χ3v) is 5.52. The molecule has 0 saturated heterocycles. The summed E-state index contributed by atoms with van der Waals surface area (Å²) in [4.78, 5) is 25.9. The lowest BCUT2D eigenvalue weighted by Gasteiger charge is -2.19. The van der Waals surface area contributed by atoms with E-state index in [0.717, 1.165) is 22.4 Å². The molecule has 178 valence electrons. The van der Waals surface area contributed by atoms with E-state index in [9.17, 15) is 9.59 Å². The zero-order valence-corrected chi connectivity index (χ0v) is 19.5. The van der Waals surface area contributed by atoms with Gasteiger partial charge in [-0.3, -0.25) is 9.59 Å². The lowest BCUT2D eigenvalue weighted by molar-refractivity contribution is -0.118. The van der Waals surface area contributed by atoms with Crippen LogP contribution in [0.2, 0.25) is 0 Å². The number of benzene rings is 3. The van der Waals surface area contributed by atoms with Gasteiger partial charge in [0.2, 0.25) is 5.91 Å². The van der Waals surface area contributed by atoms with Crippen molar-refractivity contribution in [3.05, 3.63) is 103 Å². The van der Waals surface area contributed by atoms with Crippen LogP contribution < -0.4 is 20.1 Å². The normalized spacial score (nSPS) is 11.4. The van der Waals surface area contributed by atoms with Crippen molar-refractivity contribution < 1.29 is 23.5 Å². The van der Waals surface area contributed by atoms with Gasteiger partial charge >= 0.3 is 0 Å². The number of rotatable bonds is 9. The zero-order valence-electron chi connectivity index (χ0n) is 19.5. The molecular weight excluding hydrogens is 444 g/mol. The first-order valence-corrected chi connectivity index (χ1v) is 11.1. The number of carbonyl (C=O) groups excluding carboxylic acids is 2. The first-order chi connectivity index (χ1) is 17.1. The lowest BCUT2D eigenvalue weighted by atomic mass is 10.0. The molecule has 0 aliphatic rings. The molecule has 4 rings (SSSR count). The van der Waals surface area contributed by atoms with Crippen LogP contribution in [0.25, 0.3) is 11.1 Å². The van der Waals surface area contributed by atoms with Crippen LogP contribution in [-0.4, -0.2) is 32.1 Å². The van der Waals surface area contributed by atoms with Crippen molar-refractivity contribution in [2.75, 3.05) is 19.5 Å². The Bertz CT molecular complexity index is 1270. The molecule has 0 aliphatic carbocycles. The van der Waals surface area contributed by atoms with Gasteiger partial charge in [0.15, 0.2) is 5.76 Å². The van der Waals surface area contributed by atoms with Gasteiger partial charge in [0, 0.05) is 17.7 Å². The first kappa shape index (κ1) is 23.6. The molecule has 1 heterocycles. The van der Waals surface area contributed by atoms with Gasteiger partial charge in [-0.2, -0.15) is 0 Å². The Hall–Kier alpha value is -4.52. The van der Waals surface area contributed by atoms with Gasteiger partial charge in [0.05, 0.1) is 20.5 Å². The molecule has 1 unspecified atom stereocenters. The van der Waals surface area contributed by atoms with E-state index >= 15 is 0 Å². The highest BCUT2D eigenvalue weighted by Gasteiger charge is 2.23. The molecule has 7 heteroatoms. The molecular formula is C28H26N2O5. The van der Waals surface area contributed by atoms with E-state index in [4.69, 9.17) is 13.9 Å². The summed E-state index contributed by atoms with van der Waals surface area (Å²) >= 11 is 0. The minimum Gasteiger partial charge on any atom is -0.497 e. The van der Waals surface area contributed by atoms with Crippen LogP contribution in [-0.2, 0) is 11.2 Å². The molecule has 0 bridgehead atoms. The van der Waals surface area contributed by atoms with Gasteiger partial charge in [-0.1, -0.05) is 42.5 Å². The molecule has 0 fully saturated rings. The van der Waals surface area contributed by atoms with Gasteiger partial charge in [0.1, 0.15) is 17.5 Å². The number of carbonyl (C=O) groups is 2. The first-order valence-electron chi connectivity index (χ1n) is 11.1. The minimum atomic E-state index is -0.818. The van der Waals surface area contributed by atoms with E-state index < -0.39 is 11.9 Å². The zero-order chi connectivity index (χ0) is 24.6. The van der Waals surface area contributed by atoms with Crippen molar-refractivity contribution >= 4 is 17.5 Å². The third kappa shape index (κ3) is 5.89. The summed E-state index contributed by atoms with van der Waals surface area (Å²) in [6.45, 7) is 0. The molecule has 4 aromatic rings. The quantitative estimate of drug-likeness (QED) is 0.362. The summed E-state index contributed by atoms with van der Waals surface area (Å²) in [5, 5.41) is 5.72. The summed E-state index contributed by atoms with van der Waals surface area (Å²) < 4.78 is 16.0. The van der Waals surface area contributed by atoms with E-state index in [-0.39, 0.29) is 11.7 Å². The molecule has 35 heavy (non-hydrogen) atoms. The number of anilines is 1. The van der Waals surface area contributed by atoms with Crippen LogP contribution in [0.15, 0.2) is 95.6 Å². The van der Waals surface area contributed by atoms with Crippen molar-refractivity contribution in [3.8, 4) is 22.6 Å². The Morgan fingerprint density at radius 1 is 0.886 bits per heavy atom. The van der Waals surface area contributed by atoms with Crippen LogP contribution in [0.1, 0.15) is 16.1 Å². The molecule has 0 saturated carbocycles. The molecule has 2 amide bonds. The van der Waals surface area contributed by atoms with Crippen molar-refractivity contribution in [1.29, 1.82) is 0 Å². The van der Waals surface area contributed by atoms with E-state index in [0.29, 0.717) is 17.9 Å². The minimum absolute atomic E-state index is 0.141. The van der Waals surface area contributed by atoms with Gasteiger partial charge in [-0.25, -0.2) is 0 Å². The maximum atomic E-state index is 13.3. The lowest BCUT2D eigenvalue weighted by Crippen LogP contribution is -2.45. The van der Waals surface area contributed by atoms with E-state index in [1.165, 1.54) is 6.26 Å². The molecule has 3 aromatic carbocycles. The number of methoxy groups -OCH3 is 2. The molecule has 2 N–H and O–H groups in total. The van der Waals surface area contributed by atoms with E-state index in [1.807, 2.05) is 60.7 Å². The van der Waals surface area contributed by atoms with Crippen LogP contribution >= 0.6 is 0 Å². The predicted molar refractivity (Wildman–Crippen MR) is 134 cm³/mol. The van der Waals surface area contributed by atoms with Crippen molar-refractivity contribution in [2.45, 2.75) is 12.5 Å². The van der Waals surface area contributed by atoms with Crippen LogP contribution in [0.3, 0.4) is 0 Å². The predicted octanol–water partition coefficient (Wildman–Crippen LogP) is 4.94. The van der Waals surface area contributed by atoms with Crippen LogP contribution in [0, 0.1) is 0 Å². The second kappa shape index (κ2) is 11.1. The van der Waals surface area contributed by atoms with Gasteiger partial charge < -0.3 is 24.5 Å². The second-order valence-electron chi connectivity index (χ2n) is 7.83. The number of amides is 2. The highest BCUT2D eigenvalue weighted by atomic mass is 16.5. The Labute approximate surface area is 203 Å². The summed E-state index contributed by atoms with van der Waals surface area (Å²) in [5.41, 5.74) is 3.21. The van der Waals surface area contributed by atoms with E-state index in [1.54, 1.807) is 38.5 Å². The van der Waals surface area contributed by atoms with Crippen LogP contribution in [0.5, 0.6) is 11.5 Å². The highest BCUT2D eigenvalue weighted by Crippen LogP contribution is 2.33. The second-order valence-corrected chi connectivity index (χ2v) is 7.83. The van der Waals surface area contributed by atoms with Crippen molar-refractivity contribution in [2.24, 2.45) is 0 Å². The number of ether oxygens (including phenoxy) is 2. The molecule has 1 atom stereocenters. The van der Waals surface area contributed by atoms with Gasteiger partial charge in [0.25, 0.3) is 5.91 Å². The smallest absolute Gasteiger partial charge is 0.287 e. The molecule has 0 aliphatic heterocycles. The van der Waals surface area contributed by atoms with Crippen molar-refractivity contribution in [3.63, 3.8) is 0 Å². The Balaban J connectivity index is 1.57. The molecule has 1 aromatic heterocycles. The summed E-state index contributed by atoms with van der Waals surface area (Å²) in [6, 6.07) is 24.8. The Morgan fingerprint density at radius 3 is 2.31 bits per heavy atom. The highest BCUT2D eigenvalue weighted by molar-refractivity contribution is 6.00. The largest absolute Gasteiger partial charge is 0.497 e. The Kier molecular flexibility index (Phi) is 7.47. The molecule has 7 nitrogen and oxygen atoms in total. The summed E-state index contributed by atoms with van der Waals surface area (Å²) in [7, 11) is 3.21. The molecule has 0 radical (unpaired) electrons. The SMILES string of the molecule is COc1ccc(-c2cc(NC(=O)C(Cc3ccccc3)NC(=O)c3ccco3)ccc2OC)cc1. The van der Waals surface area contributed by atoms with E-state index in [2.05, 4.69) is 10.6 Å². The fraction of sp³-hybridized carbons (Fsp3) is 0.143. The summed E-state index contributed by atoms with van der Waals surface area (Å²) in [5.74, 6) is 0.745. The Morgan fingerprint density at radius 2 is 1.66 bits per heavy atom. The third-order valence-electron chi connectivity index (χ3n) is 5.52. The summed E-state index contributed by atoms with van der Waals surface area (Å²) in [6.07, 6.45) is 1.74. The average molecular weight is 471 g/mol. The van der Waals surface area contributed by atoms with Gasteiger partial charge in [-0.15, -0.1) is 0 Å². The fourth-order valence-corrected chi connectivity index (χ4v) is 3.71. The number of hydrogen-bond acceptors (Lipinski definition) is 5. The molecule has 0 spiro atoms. The monoisotopic (exact) mass is 470 g/mol. The standard InChI is InChI=1S/C28H26N2O5/c1-33-22-13-10-20(11-14-22)23-18-21(12-15-25(23)34-2)29-27(31)24(17-19-7-4-3-5-8-19)30-28(32)26-9-6-16-35-26/h3-16,18,24H,17H2,1-2H3,(H,29,31)(H,30,32). The van der Waals surface area contributed by atoms with Crippen LogP contribution in [0.4, 0.5) is 5.69 Å². The maximum Gasteiger partial charge on any atom is 0.287 e. The fourth-order valence-electron chi connectivity index (χ4n) is 3.71. The average Bonchev–Trinajstić information content (AvgIpc) is 3.44. The number of hydrogen-bond donors (Lipinski definition) is 2.